The summed E-state index contributed by atoms with van der Waals surface area (Å²) in [5.74, 6) is 0.930. The highest BCUT2D eigenvalue weighted by Gasteiger charge is 2.32. The first-order valence-electron chi connectivity index (χ1n) is 6.71. The smallest absolute Gasteiger partial charge is 0.243 e. The normalized spacial score (nSPS) is 19.6. The highest BCUT2D eigenvalue weighted by atomic mass is 79.9. The summed E-state index contributed by atoms with van der Waals surface area (Å²) >= 11 is 3.45. The van der Waals surface area contributed by atoms with Gasteiger partial charge in [0.05, 0.1) is 16.5 Å². The summed E-state index contributed by atoms with van der Waals surface area (Å²) in [6.45, 7) is 0. The van der Waals surface area contributed by atoms with Gasteiger partial charge in [0, 0.05) is 17.1 Å². The molecule has 7 heteroatoms. The minimum atomic E-state index is -0.408. The first-order valence-corrected chi connectivity index (χ1v) is 8.64. The molecule has 0 spiro atoms. The molecule has 0 saturated carbocycles. The molecule has 0 aliphatic carbocycles. The van der Waals surface area contributed by atoms with Crippen LogP contribution in [-0.4, -0.2) is 22.3 Å². The van der Waals surface area contributed by atoms with Crippen LogP contribution in [-0.2, 0) is 0 Å². The van der Waals surface area contributed by atoms with Gasteiger partial charge in [-0.3, -0.25) is 4.31 Å². The van der Waals surface area contributed by atoms with E-state index in [2.05, 4.69) is 47.7 Å². The fraction of sp³-hybridized carbons (Fsp3) is 0.0667. The standard InChI is InChI=1S/C15H12BrN5S/c1-20-14(11-5-3-2-4-6-11)17-15-18-19-21(22(15)20)13-9-7-12(16)8-10-13/h2-10H,1H3. The van der Waals surface area contributed by atoms with E-state index in [1.165, 1.54) is 0 Å². The Morgan fingerprint density at radius 2 is 1.73 bits per heavy atom. The quantitative estimate of drug-likeness (QED) is 0.739. The van der Waals surface area contributed by atoms with Crippen molar-refractivity contribution in [2.75, 3.05) is 11.5 Å². The van der Waals surface area contributed by atoms with Crippen molar-refractivity contribution in [2.45, 2.75) is 0 Å². The van der Waals surface area contributed by atoms with E-state index in [0.29, 0.717) is 0 Å². The lowest BCUT2D eigenvalue weighted by Crippen LogP contribution is -2.24. The van der Waals surface area contributed by atoms with Crippen molar-refractivity contribution in [3.8, 4) is 0 Å². The van der Waals surface area contributed by atoms with Crippen LogP contribution in [0.3, 0.4) is 0 Å². The Morgan fingerprint density at radius 1 is 1.00 bits per heavy atom. The number of anilines is 1. The molecule has 0 amide bonds. The van der Waals surface area contributed by atoms with Gasteiger partial charge in [0.25, 0.3) is 0 Å². The number of halogens is 1. The molecule has 22 heavy (non-hydrogen) atoms. The van der Waals surface area contributed by atoms with E-state index in [4.69, 9.17) is 0 Å². The molecule has 0 N–H and O–H groups in total. The van der Waals surface area contributed by atoms with Crippen LogP contribution in [0.25, 0.3) is 0 Å². The molecule has 2 aromatic rings. The van der Waals surface area contributed by atoms with Gasteiger partial charge in [0.15, 0.2) is 0 Å². The molecule has 1 atom stereocenters. The SMILES string of the molecule is CN1C(c2ccccc2)=NC2=S1N(c1ccc(Br)cc1)N=N2. The fourth-order valence-electron chi connectivity index (χ4n) is 2.33. The Balaban J connectivity index is 1.68. The van der Waals surface area contributed by atoms with Crippen molar-refractivity contribution in [3.05, 3.63) is 64.6 Å². The number of rotatable bonds is 2. The molecule has 0 bridgehead atoms. The van der Waals surface area contributed by atoms with Gasteiger partial charge in [-0.25, -0.2) is 0 Å². The summed E-state index contributed by atoms with van der Waals surface area (Å²) < 4.78 is 5.09. The van der Waals surface area contributed by atoms with Crippen LogP contribution in [0.2, 0.25) is 0 Å². The maximum absolute atomic E-state index is 4.65. The van der Waals surface area contributed by atoms with Gasteiger partial charge < -0.3 is 0 Å². The van der Waals surface area contributed by atoms with Crippen LogP contribution in [0, 0.1) is 0 Å². The van der Waals surface area contributed by atoms with Crippen LogP contribution < -0.4 is 4.41 Å². The Bertz CT molecular complexity index is 814. The summed E-state index contributed by atoms with van der Waals surface area (Å²) in [7, 11) is 1.62. The second kappa shape index (κ2) is 5.33. The van der Waals surface area contributed by atoms with E-state index < -0.39 is 10.9 Å². The summed E-state index contributed by atoms with van der Waals surface area (Å²) in [6, 6.07) is 18.2. The molecule has 5 nitrogen and oxygen atoms in total. The number of nitrogens with zero attached hydrogens (tertiary/aromatic N) is 5. The van der Waals surface area contributed by atoms with Crippen molar-refractivity contribution in [2.24, 2.45) is 15.3 Å². The molecule has 2 aromatic carbocycles. The average Bonchev–Trinajstić information content (AvgIpc) is 3.10. The minimum absolute atomic E-state index is 0.408. The van der Waals surface area contributed by atoms with Gasteiger partial charge in [-0.2, -0.15) is 9.41 Å². The predicted octanol–water partition coefficient (Wildman–Crippen LogP) is 4.21. The minimum Gasteiger partial charge on any atom is -0.288 e. The van der Waals surface area contributed by atoms with Crippen LogP contribution in [0.4, 0.5) is 5.69 Å². The molecule has 2 heterocycles. The fourth-order valence-corrected chi connectivity index (χ4v) is 4.24. The average molecular weight is 374 g/mol. The lowest BCUT2D eigenvalue weighted by molar-refractivity contribution is 0.838. The molecule has 0 radical (unpaired) electrons. The maximum atomic E-state index is 4.65. The van der Waals surface area contributed by atoms with E-state index in [1.54, 1.807) is 0 Å². The Hall–Kier alpha value is -1.99. The third kappa shape index (κ3) is 2.17. The van der Waals surface area contributed by atoms with Crippen molar-refractivity contribution >= 4 is 43.4 Å². The topological polar surface area (TPSA) is 43.6 Å². The summed E-state index contributed by atoms with van der Waals surface area (Å²) in [5, 5.41) is 9.27. The van der Waals surface area contributed by atoms with Crippen LogP contribution in [0.1, 0.15) is 5.56 Å². The maximum Gasteiger partial charge on any atom is 0.243 e. The zero-order valence-electron chi connectivity index (χ0n) is 11.7. The molecular formula is C15H12BrN5S. The monoisotopic (exact) mass is 373 g/mol. The second-order valence-corrected chi connectivity index (χ2v) is 7.49. The zero-order chi connectivity index (χ0) is 15.1. The van der Waals surface area contributed by atoms with Crippen LogP contribution in [0.15, 0.2) is 74.4 Å². The second-order valence-electron chi connectivity index (χ2n) is 4.78. The number of hydrogen-bond donors (Lipinski definition) is 0. The van der Waals surface area contributed by atoms with Crippen LogP contribution >= 0.6 is 26.8 Å². The number of amidine groups is 1. The number of hydrogen-bond acceptors (Lipinski definition) is 5. The lowest BCUT2D eigenvalue weighted by Gasteiger charge is -2.24. The van der Waals surface area contributed by atoms with Gasteiger partial charge in [0.2, 0.25) is 5.11 Å². The lowest BCUT2D eigenvalue weighted by atomic mass is 10.2. The first-order chi connectivity index (χ1) is 10.7. The molecular weight excluding hydrogens is 362 g/mol. The van der Waals surface area contributed by atoms with E-state index in [0.717, 1.165) is 26.7 Å². The number of aliphatic imine (C=N–C) groups is 1. The molecule has 1 unspecified atom stereocenters. The van der Waals surface area contributed by atoms with Crippen molar-refractivity contribution in [3.63, 3.8) is 0 Å². The highest BCUT2D eigenvalue weighted by Crippen LogP contribution is 2.41. The molecule has 0 aromatic heterocycles. The van der Waals surface area contributed by atoms with E-state index >= 15 is 0 Å². The third-order valence-corrected chi connectivity index (χ3v) is 5.71. The Morgan fingerprint density at radius 3 is 2.45 bits per heavy atom. The summed E-state index contributed by atoms with van der Waals surface area (Å²) in [6.07, 6.45) is 0. The van der Waals surface area contributed by atoms with Gasteiger partial charge in [-0.1, -0.05) is 51.5 Å². The van der Waals surface area contributed by atoms with E-state index in [1.807, 2.05) is 53.9 Å². The molecule has 2 aliphatic rings. The van der Waals surface area contributed by atoms with E-state index in [9.17, 15) is 0 Å². The molecule has 110 valence electrons. The molecule has 0 fully saturated rings. The third-order valence-electron chi connectivity index (χ3n) is 3.38. The summed E-state index contributed by atoms with van der Waals surface area (Å²) in [4.78, 5) is 4.65. The molecule has 2 aliphatic heterocycles. The van der Waals surface area contributed by atoms with Gasteiger partial charge in [-0.15, -0.1) is 5.11 Å². The largest absolute Gasteiger partial charge is 0.288 e. The Labute approximate surface area is 139 Å². The van der Waals surface area contributed by atoms with Gasteiger partial charge in [0.1, 0.15) is 5.84 Å². The number of benzene rings is 2. The van der Waals surface area contributed by atoms with Gasteiger partial charge >= 0.3 is 0 Å². The van der Waals surface area contributed by atoms with Crippen molar-refractivity contribution < 1.29 is 0 Å². The summed E-state index contributed by atoms with van der Waals surface area (Å²) in [5.41, 5.74) is 2.09. The first kappa shape index (κ1) is 13.7. The van der Waals surface area contributed by atoms with Crippen molar-refractivity contribution in [1.82, 2.24) is 4.31 Å². The van der Waals surface area contributed by atoms with E-state index in [-0.39, 0.29) is 0 Å². The predicted molar refractivity (Wildman–Crippen MR) is 94.8 cm³/mol. The Kier molecular flexibility index (Phi) is 3.31. The van der Waals surface area contributed by atoms with Crippen molar-refractivity contribution in [1.29, 1.82) is 0 Å². The molecule has 0 saturated heterocycles. The zero-order valence-corrected chi connectivity index (χ0v) is 14.1. The highest BCUT2D eigenvalue weighted by molar-refractivity contribution is 9.10. The van der Waals surface area contributed by atoms with Gasteiger partial charge in [-0.05, 0) is 24.3 Å². The van der Waals surface area contributed by atoms with Crippen LogP contribution in [0.5, 0.6) is 0 Å². The molecule has 4 rings (SSSR count).